The normalized spacial score (nSPS) is 13.9. The van der Waals surface area contributed by atoms with E-state index < -0.39 is 97.5 Å². The van der Waals surface area contributed by atoms with Crippen molar-refractivity contribution < 1.29 is 80.2 Å². The molecule has 0 aromatic heterocycles. The zero-order chi connectivity index (χ0) is 67.5. The van der Waals surface area contributed by atoms with Crippen molar-refractivity contribution in [3.63, 3.8) is 0 Å². The SMILES string of the molecule is CCCCCCCCCCCCCCCCCCCC(=O)O[C@H](COC(=O)CCCCCCCCCCCCCCC)COP(=O)(O)OC[C@@H](O)COP(=O)(O)OC[C@@H](COC(=O)CCCCCCCCCCCC)OC(=O)CCCCCCCCCCCCCC. The molecule has 5 atom stereocenters. The van der Waals surface area contributed by atoms with Crippen LogP contribution in [0.25, 0.3) is 0 Å². The van der Waals surface area contributed by atoms with Crippen LogP contribution in [0.15, 0.2) is 0 Å². The predicted molar refractivity (Wildman–Crippen MR) is 372 cm³/mol. The summed E-state index contributed by atoms with van der Waals surface area (Å²) in [5.41, 5.74) is 0. The van der Waals surface area contributed by atoms with Gasteiger partial charge in [0.15, 0.2) is 12.2 Å². The number of ether oxygens (including phenoxy) is 4. The topological polar surface area (TPSA) is 237 Å². The Bertz CT molecular complexity index is 1760. The predicted octanol–water partition coefficient (Wildman–Crippen LogP) is 21.4. The molecule has 0 amide bonds. The van der Waals surface area contributed by atoms with Crippen LogP contribution < -0.4 is 0 Å². The van der Waals surface area contributed by atoms with Gasteiger partial charge in [0.05, 0.1) is 26.4 Å². The van der Waals surface area contributed by atoms with Gasteiger partial charge in [0, 0.05) is 25.7 Å². The molecule has 0 saturated carbocycles. The van der Waals surface area contributed by atoms with Crippen molar-refractivity contribution in [2.45, 2.75) is 406 Å². The Balaban J connectivity index is 5.23. The number of carbonyl (C=O) groups is 4. The Hall–Kier alpha value is -1.94. The van der Waals surface area contributed by atoms with Crippen molar-refractivity contribution in [3.8, 4) is 0 Å². The van der Waals surface area contributed by atoms with Crippen LogP contribution in [0.5, 0.6) is 0 Å². The number of carbonyl (C=O) groups excluding carboxylic acids is 4. The van der Waals surface area contributed by atoms with Crippen LogP contribution >= 0.6 is 15.6 Å². The number of hydrogen-bond donors (Lipinski definition) is 3. The third-order valence-electron chi connectivity index (χ3n) is 17.1. The molecule has 0 aromatic carbocycles. The fourth-order valence-electron chi connectivity index (χ4n) is 11.2. The van der Waals surface area contributed by atoms with Crippen LogP contribution in [0.2, 0.25) is 0 Å². The van der Waals surface area contributed by atoms with Gasteiger partial charge in [-0.3, -0.25) is 37.3 Å². The lowest BCUT2D eigenvalue weighted by atomic mass is 10.0. The molecule has 0 heterocycles. The third kappa shape index (κ3) is 66.7. The molecule has 0 aromatic rings. The number of phosphoric ester groups is 2. The molecule has 0 aliphatic carbocycles. The minimum atomic E-state index is -4.95. The lowest BCUT2D eigenvalue weighted by molar-refractivity contribution is -0.161. The molecule has 0 saturated heterocycles. The summed E-state index contributed by atoms with van der Waals surface area (Å²) in [6.45, 7) is 4.97. The molecule has 2 unspecified atom stereocenters. The number of aliphatic hydroxyl groups is 1. The Morgan fingerprint density at radius 1 is 0.261 bits per heavy atom. The summed E-state index contributed by atoms with van der Waals surface area (Å²) in [5.74, 6) is -2.11. The highest BCUT2D eigenvalue weighted by molar-refractivity contribution is 7.47. The van der Waals surface area contributed by atoms with Gasteiger partial charge >= 0.3 is 39.5 Å². The van der Waals surface area contributed by atoms with E-state index in [1.165, 1.54) is 218 Å². The summed E-state index contributed by atoms with van der Waals surface area (Å²) in [7, 11) is -9.90. The number of hydrogen-bond acceptors (Lipinski definition) is 15. The van der Waals surface area contributed by atoms with E-state index in [1.807, 2.05) is 0 Å². The van der Waals surface area contributed by atoms with Gasteiger partial charge in [0.2, 0.25) is 0 Å². The zero-order valence-electron chi connectivity index (χ0n) is 59.5. The zero-order valence-corrected chi connectivity index (χ0v) is 61.3. The van der Waals surface area contributed by atoms with E-state index in [0.29, 0.717) is 25.7 Å². The molecule has 17 nitrogen and oxygen atoms in total. The Morgan fingerprint density at radius 2 is 0.435 bits per heavy atom. The molecule has 92 heavy (non-hydrogen) atoms. The van der Waals surface area contributed by atoms with E-state index in [4.69, 9.17) is 37.0 Å². The van der Waals surface area contributed by atoms with E-state index in [9.17, 15) is 43.2 Å². The van der Waals surface area contributed by atoms with Gasteiger partial charge in [-0.15, -0.1) is 0 Å². The molecule has 0 fully saturated rings. The highest BCUT2D eigenvalue weighted by Gasteiger charge is 2.30. The van der Waals surface area contributed by atoms with Crippen molar-refractivity contribution in [1.29, 1.82) is 0 Å². The van der Waals surface area contributed by atoms with Crippen molar-refractivity contribution in [2.24, 2.45) is 0 Å². The molecule has 0 aliphatic rings. The average molecular weight is 1350 g/mol. The summed E-state index contributed by atoms with van der Waals surface area (Å²) < 4.78 is 68.4. The van der Waals surface area contributed by atoms with Gasteiger partial charge in [-0.25, -0.2) is 9.13 Å². The van der Waals surface area contributed by atoms with Crippen molar-refractivity contribution >= 4 is 39.5 Å². The fourth-order valence-corrected chi connectivity index (χ4v) is 12.8. The Labute approximate surface area is 562 Å². The molecule has 0 bridgehead atoms. The van der Waals surface area contributed by atoms with Crippen LogP contribution in [-0.4, -0.2) is 96.7 Å². The molecule has 0 radical (unpaired) electrons. The Morgan fingerprint density at radius 3 is 0.641 bits per heavy atom. The molecule has 0 spiro atoms. The van der Waals surface area contributed by atoms with Crippen LogP contribution in [0, 0.1) is 0 Å². The summed E-state index contributed by atoms with van der Waals surface area (Å²) in [6.07, 6.45) is 56.7. The first-order chi connectivity index (χ1) is 44.7. The summed E-state index contributed by atoms with van der Waals surface area (Å²) >= 11 is 0. The van der Waals surface area contributed by atoms with Gasteiger partial charge in [-0.05, 0) is 25.7 Å². The number of unbranched alkanes of at least 4 members (excludes halogenated alkanes) is 48. The summed E-state index contributed by atoms with van der Waals surface area (Å²) in [6, 6.07) is 0. The Kier molecular flexibility index (Phi) is 66.2. The molecule has 0 aliphatic heterocycles. The standard InChI is InChI=1S/C73H142O17P2/c1-5-9-13-17-21-25-29-32-33-34-35-37-40-44-48-52-56-60-73(78)90-69(64-84-71(76)58-54-50-46-42-39-36-30-26-22-18-14-10-6-2)66-88-92(81,82)86-62-67(74)61-85-91(79,80)87-65-68(63-83-70(75)57-53-49-45-41-28-24-20-16-12-8-4)89-72(77)59-55-51-47-43-38-31-27-23-19-15-11-7-3/h67-69,74H,5-66H2,1-4H3,(H,79,80)(H,81,82)/t67-,68+,69+/m0/s1. The first-order valence-electron chi connectivity index (χ1n) is 38.3. The highest BCUT2D eigenvalue weighted by atomic mass is 31.2. The number of phosphoric acid groups is 2. The van der Waals surface area contributed by atoms with Gasteiger partial charge in [-0.2, -0.15) is 0 Å². The maximum Gasteiger partial charge on any atom is 0.472 e. The average Bonchev–Trinajstić information content (AvgIpc) is 3.42. The largest absolute Gasteiger partial charge is 0.472 e. The van der Waals surface area contributed by atoms with Crippen molar-refractivity contribution in [3.05, 3.63) is 0 Å². The van der Waals surface area contributed by atoms with E-state index >= 15 is 0 Å². The van der Waals surface area contributed by atoms with E-state index in [1.54, 1.807) is 0 Å². The maximum absolute atomic E-state index is 13.1. The number of aliphatic hydroxyl groups excluding tert-OH is 1. The number of rotatable bonds is 74. The van der Waals surface area contributed by atoms with E-state index in [0.717, 1.165) is 89.9 Å². The molecule has 3 N–H and O–H groups in total. The van der Waals surface area contributed by atoms with Crippen LogP contribution in [0.3, 0.4) is 0 Å². The molecular formula is C73H142O17P2. The summed E-state index contributed by atoms with van der Waals surface area (Å²) in [5, 5.41) is 10.6. The van der Waals surface area contributed by atoms with Gasteiger partial charge in [0.25, 0.3) is 0 Å². The van der Waals surface area contributed by atoms with Gasteiger partial charge < -0.3 is 33.8 Å². The molecule has 0 rings (SSSR count). The molecular weight excluding hydrogens is 1210 g/mol. The quantitative estimate of drug-likeness (QED) is 0.0222. The van der Waals surface area contributed by atoms with Crippen LogP contribution in [0.1, 0.15) is 387 Å². The van der Waals surface area contributed by atoms with E-state index in [2.05, 4.69) is 27.7 Å². The van der Waals surface area contributed by atoms with Crippen LogP contribution in [0.4, 0.5) is 0 Å². The second-order valence-corrected chi connectivity index (χ2v) is 29.2. The lowest BCUT2D eigenvalue weighted by Gasteiger charge is -2.21. The number of esters is 4. The smallest absolute Gasteiger partial charge is 0.462 e. The van der Waals surface area contributed by atoms with Gasteiger partial charge in [0.1, 0.15) is 19.3 Å². The maximum atomic E-state index is 13.1. The van der Waals surface area contributed by atoms with E-state index in [-0.39, 0.29) is 25.7 Å². The van der Waals surface area contributed by atoms with Gasteiger partial charge in [-0.1, -0.05) is 336 Å². The highest BCUT2D eigenvalue weighted by Crippen LogP contribution is 2.45. The second-order valence-electron chi connectivity index (χ2n) is 26.3. The van der Waals surface area contributed by atoms with Crippen molar-refractivity contribution in [1.82, 2.24) is 0 Å². The fraction of sp³-hybridized carbons (Fsp3) is 0.945. The molecule has 19 heteroatoms. The van der Waals surface area contributed by atoms with Crippen LogP contribution in [-0.2, 0) is 65.4 Å². The lowest BCUT2D eigenvalue weighted by Crippen LogP contribution is -2.30. The second kappa shape index (κ2) is 67.6. The van der Waals surface area contributed by atoms with Crippen molar-refractivity contribution in [2.75, 3.05) is 39.6 Å². The first kappa shape index (κ1) is 90.1. The molecule has 546 valence electrons. The summed E-state index contributed by atoms with van der Waals surface area (Å²) in [4.78, 5) is 72.7. The first-order valence-corrected chi connectivity index (χ1v) is 41.3. The minimum Gasteiger partial charge on any atom is -0.462 e. The third-order valence-corrected chi connectivity index (χ3v) is 19.0. The minimum absolute atomic E-state index is 0.108. The monoisotopic (exact) mass is 1350 g/mol.